The summed E-state index contributed by atoms with van der Waals surface area (Å²) in [5, 5.41) is 2.32. The highest BCUT2D eigenvalue weighted by atomic mass is 16.5. The van der Waals surface area contributed by atoms with Crippen LogP contribution in [0.3, 0.4) is 0 Å². The lowest BCUT2D eigenvalue weighted by atomic mass is 9.85. The molecule has 2 N–H and O–H groups in total. The Bertz CT molecular complexity index is 861. The van der Waals surface area contributed by atoms with Gasteiger partial charge in [0.15, 0.2) is 0 Å². The average molecular weight is 320 g/mol. The molecule has 0 bridgehead atoms. The topological polar surface area (TPSA) is 48.1 Å². The van der Waals surface area contributed by atoms with Crippen LogP contribution in [0.15, 0.2) is 48.7 Å². The maximum Gasteiger partial charge on any atom is 0.118 e. The van der Waals surface area contributed by atoms with Crippen molar-refractivity contribution in [1.82, 2.24) is 4.98 Å². The first-order valence-electron chi connectivity index (χ1n) is 8.20. The average Bonchev–Trinajstić information content (AvgIpc) is 2.59. The van der Waals surface area contributed by atoms with Gasteiger partial charge in [0.2, 0.25) is 0 Å². The third-order valence-corrected chi connectivity index (χ3v) is 4.43. The standard InChI is InChI=1S/C21H24N2O/c1-21(2,3)15-7-10-17-18(11-15)20(12-22)23-13-19(17)14-5-8-16(24-4)9-6-14/h5-11,13H,12,22H2,1-4H3. The fraction of sp³-hybridized carbons (Fsp3) is 0.286. The van der Waals surface area contributed by atoms with Crippen molar-refractivity contribution in [2.24, 2.45) is 5.73 Å². The van der Waals surface area contributed by atoms with Crippen molar-refractivity contribution in [2.45, 2.75) is 32.7 Å². The molecule has 0 fully saturated rings. The molecule has 2 aromatic carbocycles. The summed E-state index contributed by atoms with van der Waals surface area (Å²) in [4.78, 5) is 4.61. The van der Waals surface area contributed by atoms with E-state index >= 15 is 0 Å². The monoisotopic (exact) mass is 320 g/mol. The fourth-order valence-corrected chi connectivity index (χ4v) is 2.93. The highest BCUT2D eigenvalue weighted by Gasteiger charge is 2.16. The summed E-state index contributed by atoms with van der Waals surface area (Å²) >= 11 is 0. The molecule has 0 saturated carbocycles. The Hall–Kier alpha value is -2.39. The Labute approximate surface area is 143 Å². The SMILES string of the molecule is COc1ccc(-c2cnc(CN)c3cc(C(C)(C)C)ccc23)cc1. The minimum absolute atomic E-state index is 0.0934. The molecule has 0 radical (unpaired) electrons. The molecule has 1 aromatic heterocycles. The predicted octanol–water partition coefficient (Wildman–Crippen LogP) is 4.67. The van der Waals surface area contributed by atoms with Gasteiger partial charge in [-0.25, -0.2) is 0 Å². The van der Waals surface area contributed by atoms with Crippen LogP contribution < -0.4 is 10.5 Å². The minimum Gasteiger partial charge on any atom is -0.497 e. The van der Waals surface area contributed by atoms with Crippen molar-refractivity contribution in [3.8, 4) is 16.9 Å². The summed E-state index contributed by atoms with van der Waals surface area (Å²) in [5.74, 6) is 0.851. The van der Waals surface area contributed by atoms with Gasteiger partial charge in [-0.15, -0.1) is 0 Å². The van der Waals surface area contributed by atoms with Crippen molar-refractivity contribution >= 4 is 10.8 Å². The quantitative estimate of drug-likeness (QED) is 0.763. The van der Waals surface area contributed by atoms with Crippen LogP contribution in [-0.2, 0) is 12.0 Å². The van der Waals surface area contributed by atoms with Crippen LogP contribution in [0.5, 0.6) is 5.75 Å². The van der Waals surface area contributed by atoms with Crippen LogP contribution in [0.25, 0.3) is 21.9 Å². The van der Waals surface area contributed by atoms with Crippen LogP contribution in [0.1, 0.15) is 32.0 Å². The van der Waals surface area contributed by atoms with E-state index in [4.69, 9.17) is 10.5 Å². The van der Waals surface area contributed by atoms with Crippen LogP contribution in [-0.4, -0.2) is 12.1 Å². The van der Waals surface area contributed by atoms with E-state index in [1.54, 1.807) is 7.11 Å². The molecule has 24 heavy (non-hydrogen) atoms. The summed E-state index contributed by atoms with van der Waals surface area (Å²) in [7, 11) is 1.68. The molecule has 3 heteroatoms. The number of ether oxygens (including phenoxy) is 1. The molecular formula is C21H24N2O. The highest BCUT2D eigenvalue weighted by molar-refractivity contribution is 5.98. The van der Waals surface area contributed by atoms with Gasteiger partial charge in [0.1, 0.15) is 5.75 Å². The summed E-state index contributed by atoms with van der Waals surface area (Å²) in [5.41, 5.74) is 10.5. The van der Waals surface area contributed by atoms with E-state index in [0.717, 1.165) is 28.0 Å². The number of hydrogen-bond donors (Lipinski definition) is 1. The Morgan fingerprint density at radius 3 is 2.29 bits per heavy atom. The molecule has 0 unspecified atom stereocenters. The largest absolute Gasteiger partial charge is 0.497 e. The molecule has 0 aliphatic carbocycles. The number of rotatable bonds is 3. The van der Waals surface area contributed by atoms with Gasteiger partial charge in [0.05, 0.1) is 12.8 Å². The molecule has 1 heterocycles. The zero-order valence-electron chi connectivity index (χ0n) is 14.8. The number of benzene rings is 2. The zero-order chi connectivity index (χ0) is 17.3. The van der Waals surface area contributed by atoms with Gasteiger partial charge in [-0.1, -0.05) is 45.0 Å². The molecule has 3 rings (SSSR count). The lowest BCUT2D eigenvalue weighted by molar-refractivity contribution is 0.415. The maximum atomic E-state index is 5.92. The molecule has 0 spiro atoms. The second kappa shape index (κ2) is 6.25. The van der Waals surface area contributed by atoms with Crippen molar-refractivity contribution in [3.05, 3.63) is 59.9 Å². The third-order valence-electron chi connectivity index (χ3n) is 4.43. The number of aromatic nitrogens is 1. The van der Waals surface area contributed by atoms with E-state index in [1.165, 1.54) is 10.9 Å². The van der Waals surface area contributed by atoms with E-state index in [2.05, 4.69) is 56.1 Å². The minimum atomic E-state index is 0.0934. The Morgan fingerprint density at radius 2 is 1.71 bits per heavy atom. The normalized spacial score (nSPS) is 11.7. The molecule has 0 aliphatic rings. The summed E-state index contributed by atoms with van der Waals surface area (Å²) in [6, 6.07) is 14.7. The molecule has 0 aliphatic heterocycles. The lowest BCUT2D eigenvalue weighted by Gasteiger charge is -2.20. The van der Waals surface area contributed by atoms with Crippen LogP contribution in [0.4, 0.5) is 0 Å². The summed E-state index contributed by atoms with van der Waals surface area (Å²) < 4.78 is 5.25. The molecule has 124 valence electrons. The Morgan fingerprint density at radius 1 is 1.00 bits per heavy atom. The third kappa shape index (κ3) is 3.00. The number of nitrogens with two attached hydrogens (primary N) is 1. The van der Waals surface area contributed by atoms with E-state index in [1.807, 2.05) is 18.3 Å². The summed E-state index contributed by atoms with van der Waals surface area (Å²) in [6.07, 6.45) is 1.92. The molecule has 3 nitrogen and oxygen atoms in total. The summed E-state index contributed by atoms with van der Waals surface area (Å²) in [6.45, 7) is 7.10. The van der Waals surface area contributed by atoms with Gasteiger partial charge >= 0.3 is 0 Å². The van der Waals surface area contributed by atoms with Crippen LogP contribution in [0.2, 0.25) is 0 Å². The van der Waals surface area contributed by atoms with Crippen molar-refractivity contribution in [1.29, 1.82) is 0 Å². The van der Waals surface area contributed by atoms with Crippen molar-refractivity contribution < 1.29 is 4.74 Å². The Balaban J connectivity index is 2.22. The van der Waals surface area contributed by atoms with E-state index < -0.39 is 0 Å². The maximum absolute atomic E-state index is 5.92. The van der Waals surface area contributed by atoms with Gasteiger partial charge in [-0.2, -0.15) is 0 Å². The molecule has 0 amide bonds. The first-order chi connectivity index (χ1) is 11.4. The number of fused-ring (bicyclic) bond motifs is 1. The van der Waals surface area contributed by atoms with Crippen molar-refractivity contribution in [2.75, 3.05) is 7.11 Å². The number of pyridine rings is 1. The first kappa shape index (κ1) is 16.5. The smallest absolute Gasteiger partial charge is 0.118 e. The molecule has 0 saturated heterocycles. The van der Waals surface area contributed by atoms with Gasteiger partial charge in [-0.3, -0.25) is 4.98 Å². The van der Waals surface area contributed by atoms with E-state index in [9.17, 15) is 0 Å². The van der Waals surface area contributed by atoms with E-state index in [0.29, 0.717) is 6.54 Å². The predicted molar refractivity (Wildman–Crippen MR) is 100 cm³/mol. The van der Waals surface area contributed by atoms with Crippen molar-refractivity contribution in [3.63, 3.8) is 0 Å². The fourth-order valence-electron chi connectivity index (χ4n) is 2.93. The molecular weight excluding hydrogens is 296 g/mol. The van der Waals surface area contributed by atoms with Gasteiger partial charge in [-0.05, 0) is 40.1 Å². The number of methoxy groups -OCH3 is 1. The first-order valence-corrected chi connectivity index (χ1v) is 8.20. The van der Waals surface area contributed by atoms with Crippen LogP contribution >= 0.6 is 0 Å². The van der Waals surface area contributed by atoms with E-state index in [-0.39, 0.29) is 5.41 Å². The van der Waals surface area contributed by atoms with Crippen LogP contribution in [0, 0.1) is 0 Å². The molecule has 3 aromatic rings. The number of nitrogens with zero attached hydrogens (tertiary/aromatic N) is 1. The van der Waals surface area contributed by atoms with Gasteiger partial charge < -0.3 is 10.5 Å². The zero-order valence-corrected chi connectivity index (χ0v) is 14.8. The second-order valence-electron chi connectivity index (χ2n) is 7.06. The lowest BCUT2D eigenvalue weighted by Crippen LogP contribution is -2.11. The highest BCUT2D eigenvalue weighted by Crippen LogP contribution is 2.33. The number of hydrogen-bond acceptors (Lipinski definition) is 3. The van der Waals surface area contributed by atoms with Gasteiger partial charge in [0, 0.05) is 23.7 Å². The van der Waals surface area contributed by atoms with Gasteiger partial charge in [0.25, 0.3) is 0 Å². The molecule has 0 atom stereocenters. The Kier molecular flexibility index (Phi) is 4.29. The second-order valence-corrected chi connectivity index (χ2v) is 7.06.